The zero-order valence-electron chi connectivity index (χ0n) is 12.0. The van der Waals surface area contributed by atoms with E-state index in [9.17, 15) is 8.42 Å². The van der Waals surface area contributed by atoms with Crippen LogP contribution in [0.15, 0.2) is 29.2 Å². The number of nitrogens with one attached hydrogen (secondary N) is 2. The van der Waals surface area contributed by atoms with Crippen LogP contribution in [0.4, 0.5) is 10.8 Å². The monoisotopic (exact) mass is 326 g/mol. The van der Waals surface area contributed by atoms with Crippen molar-refractivity contribution in [1.29, 1.82) is 0 Å². The van der Waals surface area contributed by atoms with Gasteiger partial charge in [-0.2, -0.15) is 0 Å². The van der Waals surface area contributed by atoms with Crippen LogP contribution in [0.25, 0.3) is 0 Å². The van der Waals surface area contributed by atoms with E-state index in [1.165, 1.54) is 11.3 Å². The number of hydrogen-bond acceptors (Lipinski definition) is 6. The normalized spacial score (nSPS) is 11.3. The lowest BCUT2D eigenvalue weighted by Crippen LogP contribution is -2.15. The van der Waals surface area contributed by atoms with Gasteiger partial charge < -0.3 is 5.32 Å². The third-order valence-electron chi connectivity index (χ3n) is 2.73. The van der Waals surface area contributed by atoms with Crippen molar-refractivity contribution in [3.05, 3.63) is 29.3 Å². The molecule has 1 aromatic carbocycles. The van der Waals surface area contributed by atoms with Gasteiger partial charge in [0.15, 0.2) is 0 Å². The Kier molecular flexibility index (Phi) is 5.13. The summed E-state index contributed by atoms with van der Waals surface area (Å²) in [6, 6.07) is 6.82. The van der Waals surface area contributed by atoms with Gasteiger partial charge in [0.25, 0.3) is 10.0 Å². The molecular formula is C13H18N4O2S2. The predicted molar refractivity (Wildman–Crippen MR) is 85.3 cm³/mol. The van der Waals surface area contributed by atoms with Gasteiger partial charge in [-0.15, -0.1) is 10.2 Å². The van der Waals surface area contributed by atoms with Crippen molar-refractivity contribution in [2.75, 3.05) is 16.6 Å². The average Bonchev–Trinajstić information content (AvgIpc) is 2.92. The van der Waals surface area contributed by atoms with Gasteiger partial charge in [0.2, 0.25) is 5.13 Å². The lowest BCUT2D eigenvalue weighted by molar-refractivity contribution is 0.601. The molecule has 2 aromatic rings. The van der Waals surface area contributed by atoms with Crippen molar-refractivity contribution >= 4 is 32.2 Å². The first kappa shape index (κ1) is 15.7. The van der Waals surface area contributed by atoms with E-state index in [4.69, 9.17) is 0 Å². The van der Waals surface area contributed by atoms with E-state index in [2.05, 4.69) is 20.2 Å². The topological polar surface area (TPSA) is 84.0 Å². The van der Waals surface area contributed by atoms with Crippen LogP contribution in [-0.4, -0.2) is 25.2 Å². The second kappa shape index (κ2) is 6.86. The molecule has 114 valence electrons. The quantitative estimate of drug-likeness (QED) is 0.817. The second-order valence-electron chi connectivity index (χ2n) is 4.38. The zero-order valence-corrected chi connectivity index (χ0v) is 13.6. The van der Waals surface area contributed by atoms with Gasteiger partial charge in [-0.1, -0.05) is 37.3 Å². The molecule has 0 bridgehead atoms. The summed E-state index contributed by atoms with van der Waals surface area (Å²) in [4.78, 5) is 0.215. The minimum absolute atomic E-state index is 0.215. The van der Waals surface area contributed by atoms with Crippen LogP contribution in [0.3, 0.4) is 0 Å². The molecule has 0 saturated carbocycles. The number of rotatable bonds is 7. The fraction of sp³-hybridized carbons (Fsp3) is 0.385. The number of para-hydroxylation sites is 1. The van der Waals surface area contributed by atoms with Crippen molar-refractivity contribution in [2.24, 2.45) is 0 Å². The molecule has 0 atom stereocenters. The summed E-state index contributed by atoms with van der Waals surface area (Å²) in [6.45, 7) is 4.68. The average molecular weight is 326 g/mol. The first-order valence-electron chi connectivity index (χ1n) is 6.75. The Bertz CT molecular complexity index is 698. The van der Waals surface area contributed by atoms with Crippen molar-refractivity contribution in [1.82, 2.24) is 10.2 Å². The molecule has 1 heterocycles. The molecule has 21 heavy (non-hydrogen) atoms. The molecule has 0 aliphatic carbocycles. The number of benzene rings is 1. The van der Waals surface area contributed by atoms with Crippen LogP contribution in [0.2, 0.25) is 0 Å². The minimum Gasteiger partial charge on any atom is -0.384 e. The van der Waals surface area contributed by atoms with Crippen LogP contribution < -0.4 is 10.0 Å². The van der Waals surface area contributed by atoms with Crippen molar-refractivity contribution in [2.45, 2.75) is 31.6 Å². The second-order valence-corrected chi connectivity index (χ2v) is 7.10. The maximum Gasteiger partial charge on any atom is 0.265 e. The van der Waals surface area contributed by atoms with E-state index < -0.39 is 10.0 Å². The summed E-state index contributed by atoms with van der Waals surface area (Å²) in [7, 11) is -3.67. The highest BCUT2D eigenvalue weighted by Crippen LogP contribution is 2.25. The number of aryl methyl sites for hydroxylation is 1. The highest BCUT2D eigenvalue weighted by Gasteiger charge is 2.20. The third kappa shape index (κ3) is 3.92. The molecule has 8 heteroatoms. The van der Waals surface area contributed by atoms with E-state index >= 15 is 0 Å². The molecule has 2 rings (SSSR count). The Labute approximate surface area is 128 Å². The zero-order chi connectivity index (χ0) is 15.3. The fourth-order valence-electron chi connectivity index (χ4n) is 1.71. The summed E-state index contributed by atoms with van der Waals surface area (Å²) < 4.78 is 27.4. The van der Waals surface area contributed by atoms with Gasteiger partial charge in [-0.25, -0.2) is 8.42 Å². The SMILES string of the molecule is CCCNc1ccccc1S(=O)(=O)Nc1nnc(CC)s1. The van der Waals surface area contributed by atoms with E-state index in [0.717, 1.165) is 17.8 Å². The molecule has 0 aliphatic rings. The van der Waals surface area contributed by atoms with Crippen LogP contribution in [0.1, 0.15) is 25.3 Å². The smallest absolute Gasteiger partial charge is 0.265 e. The molecule has 0 amide bonds. The highest BCUT2D eigenvalue weighted by molar-refractivity contribution is 7.93. The Morgan fingerprint density at radius 1 is 1.19 bits per heavy atom. The van der Waals surface area contributed by atoms with Crippen molar-refractivity contribution in [3.63, 3.8) is 0 Å². The van der Waals surface area contributed by atoms with Crippen molar-refractivity contribution < 1.29 is 8.42 Å². The number of hydrogen-bond donors (Lipinski definition) is 2. The maximum absolute atomic E-state index is 12.5. The van der Waals surface area contributed by atoms with Gasteiger partial charge in [-0.3, -0.25) is 4.72 Å². The first-order valence-corrected chi connectivity index (χ1v) is 9.05. The molecule has 1 aromatic heterocycles. The van der Waals surface area contributed by atoms with Crippen LogP contribution >= 0.6 is 11.3 Å². The fourth-order valence-corrected chi connectivity index (χ4v) is 3.81. The van der Waals surface area contributed by atoms with E-state index in [0.29, 0.717) is 12.2 Å². The van der Waals surface area contributed by atoms with Gasteiger partial charge in [0.1, 0.15) is 9.90 Å². The van der Waals surface area contributed by atoms with E-state index in [1.54, 1.807) is 24.3 Å². The molecule has 0 radical (unpaired) electrons. The number of anilines is 2. The van der Waals surface area contributed by atoms with Gasteiger partial charge in [0, 0.05) is 6.54 Å². The Morgan fingerprint density at radius 3 is 2.62 bits per heavy atom. The molecule has 2 N–H and O–H groups in total. The summed E-state index contributed by atoms with van der Waals surface area (Å²) >= 11 is 1.25. The molecule has 0 aliphatic heterocycles. The number of aromatic nitrogens is 2. The summed E-state index contributed by atoms with van der Waals surface area (Å²) in [5, 5.41) is 12.0. The highest BCUT2D eigenvalue weighted by atomic mass is 32.2. The Hall–Kier alpha value is -1.67. The van der Waals surface area contributed by atoms with Crippen LogP contribution in [0, 0.1) is 0 Å². The molecule has 6 nitrogen and oxygen atoms in total. The van der Waals surface area contributed by atoms with E-state index in [1.807, 2.05) is 13.8 Å². The Morgan fingerprint density at radius 2 is 1.95 bits per heavy atom. The number of sulfonamides is 1. The summed E-state index contributed by atoms with van der Waals surface area (Å²) in [5.74, 6) is 0. The predicted octanol–water partition coefficient (Wildman–Crippen LogP) is 2.72. The van der Waals surface area contributed by atoms with Crippen molar-refractivity contribution in [3.8, 4) is 0 Å². The lowest BCUT2D eigenvalue weighted by Gasteiger charge is -2.11. The van der Waals surface area contributed by atoms with Crippen LogP contribution in [0.5, 0.6) is 0 Å². The van der Waals surface area contributed by atoms with Gasteiger partial charge in [0.05, 0.1) is 5.69 Å². The molecule has 0 saturated heterocycles. The maximum atomic E-state index is 12.5. The van der Waals surface area contributed by atoms with Gasteiger partial charge >= 0.3 is 0 Å². The lowest BCUT2D eigenvalue weighted by atomic mass is 10.3. The van der Waals surface area contributed by atoms with E-state index in [-0.39, 0.29) is 10.0 Å². The number of nitrogens with zero attached hydrogens (tertiary/aromatic N) is 2. The largest absolute Gasteiger partial charge is 0.384 e. The molecule has 0 unspecified atom stereocenters. The van der Waals surface area contributed by atoms with Crippen LogP contribution in [-0.2, 0) is 16.4 Å². The summed E-state index contributed by atoms with van der Waals surface area (Å²) in [6.07, 6.45) is 1.64. The first-order chi connectivity index (χ1) is 10.1. The minimum atomic E-state index is -3.67. The third-order valence-corrected chi connectivity index (χ3v) is 5.24. The van der Waals surface area contributed by atoms with Gasteiger partial charge in [-0.05, 0) is 25.0 Å². The summed E-state index contributed by atoms with van der Waals surface area (Å²) in [5.41, 5.74) is 0.590. The molecule has 0 fully saturated rings. The Balaban J connectivity index is 2.26. The molecular weight excluding hydrogens is 308 g/mol. The standard InChI is InChI=1S/C13H18N4O2S2/c1-3-9-14-10-7-5-6-8-11(10)21(18,19)17-13-16-15-12(4-2)20-13/h5-8,14H,3-4,9H2,1-2H3,(H,16,17). The molecule has 0 spiro atoms.